The second-order valence-corrected chi connectivity index (χ2v) is 3.73. The second-order valence-electron chi connectivity index (χ2n) is 3.73. The van der Waals surface area contributed by atoms with E-state index in [2.05, 4.69) is 20.2 Å². The quantitative estimate of drug-likeness (QED) is 0.801. The van der Waals surface area contributed by atoms with Gasteiger partial charge in [-0.25, -0.2) is 9.78 Å². The van der Waals surface area contributed by atoms with Crippen LogP contribution in [0.4, 0.5) is 0 Å². The van der Waals surface area contributed by atoms with Gasteiger partial charge in [0.1, 0.15) is 0 Å². The lowest BCUT2D eigenvalue weighted by Gasteiger charge is -2.10. The summed E-state index contributed by atoms with van der Waals surface area (Å²) in [6.07, 6.45) is 14.0. The van der Waals surface area contributed by atoms with E-state index in [1.54, 1.807) is 43.2 Å². The zero-order chi connectivity index (χ0) is 13.5. The maximum Gasteiger partial charge on any atom is 0.331 e. The molecule has 2 heterocycles. The fourth-order valence-corrected chi connectivity index (χ4v) is 1.52. The minimum atomic E-state index is -0.903. The second kappa shape index (κ2) is 6.25. The van der Waals surface area contributed by atoms with Gasteiger partial charge in [0.05, 0.1) is 12.0 Å². The maximum absolute atomic E-state index is 10.7. The van der Waals surface area contributed by atoms with Crippen molar-refractivity contribution in [1.29, 1.82) is 0 Å². The molecule has 0 atom stereocenters. The molecule has 1 aromatic rings. The van der Waals surface area contributed by atoms with Crippen molar-refractivity contribution in [2.24, 2.45) is 10.2 Å². The first-order valence-corrected chi connectivity index (χ1v) is 5.61. The first kappa shape index (κ1) is 12.7. The average Bonchev–Trinajstić information content (AvgIpc) is 2.90. The summed E-state index contributed by atoms with van der Waals surface area (Å²) in [6, 6.07) is 0. The number of nitrogens with one attached hydrogen (secondary N) is 1. The summed E-state index contributed by atoms with van der Waals surface area (Å²) in [5.74, 6) is -0.903. The van der Waals surface area contributed by atoms with Crippen LogP contribution < -0.4 is 0 Å². The third-order valence-corrected chi connectivity index (χ3v) is 2.44. The highest BCUT2D eigenvalue weighted by atomic mass is 16.4. The van der Waals surface area contributed by atoms with Crippen molar-refractivity contribution in [2.45, 2.75) is 6.42 Å². The molecule has 3 rings (SSSR count). The molecular weight excluding hydrogens is 244 g/mol. The molecule has 2 aliphatic rings. The number of aromatic amines is 1. The van der Waals surface area contributed by atoms with E-state index in [-0.39, 0.29) is 0 Å². The van der Waals surface area contributed by atoms with Crippen molar-refractivity contribution in [1.82, 2.24) is 9.97 Å². The number of fused-ring (bicyclic) bond motifs is 1. The Hall–Kier alpha value is -2.76. The summed E-state index contributed by atoms with van der Waals surface area (Å²) < 4.78 is 0. The van der Waals surface area contributed by atoms with Gasteiger partial charge in [-0.1, -0.05) is 18.2 Å². The number of H-pyrrole nitrogens is 1. The molecule has 0 aromatic carbocycles. The number of aliphatic carboxylic acids is 1. The molecule has 2 N–H and O–H groups in total. The normalized spacial score (nSPS) is 16.1. The lowest BCUT2D eigenvalue weighted by molar-refractivity contribution is -0.132. The zero-order valence-electron chi connectivity index (χ0n) is 10.0. The van der Waals surface area contributed by atoms with Gasteiger partial charge in [0.2, 0.25) is 0 Å². The monoisotopic (exact) mass is 256 g/mol. The number of imidazole rings is 1. The van der Waals surface area contributed by atoms with Crippen LogP contribution >= 0.6 is 0 Å². The Kier molecular flexibility index (Phi) is 4.17. The number of allylic oxidation sites excluding steroid dienone is 5. The number of rotatable bonds is 1. The summed E-state index contributed by atoms with van der Waals surface area (Å²) in [7, 11) is 0. The minimum Gasteiger partial charge on any atom is -0.478 e. The van der Waals surface area contributed by atoms with Crippen LogP contribution in [-0.4, -0.2) is 33.0 Å². The molecule has 6 nitrogen and oxygen atoms in total. The third-order valence-electron chi connectivity index (χ3n) is 2.44. The van der Waals surface area contributed by atoms with Gasteiger partial charge in [-0.2, -0.15) is 10.2 Å². The molecule has 0 amide bonds. The Bertz CT molecular complexity index is 575. The molecule has 0 unspecified atom stereocenters. The highest BCUT2D eigenvalue weighted by molar-refractivity contribution is 6.10. The first-order chi connectivity index (χ1) is 9.27. The lowest BCUT2D eigenvalue weighted by atomic mass is 9.96. The standard InChI is InChI=1S/C10H8N2O2.C3H4N2/c13-10(14)8-4-3-7-2-1-5-11-12-9(7)6-8;1-2-5-3-4-1/h1-5H,6H2,(H,13,14);1-3H,(H,4,5). The Morgan fingerprint density at radius 3 is 2.89 bits per heavy atom. The molecular formula is C13H12N4O2. The predicted octanol–water partition coefficient (Wildman–Crippen LogP) is 1.73. The number of carboxylic acid groups (broad SMARTS) is 1. The van der Waals surface area contributed by atoms with Gasteiger partial charge < -0.3 is 10.1 Å². The summed E-state index contributed by atoms with van der Waals surface area (Å²) in [5, 5.41) is 16.5. The molecule has 1 aliphatic carbocycles. The molecule has 1 aliphatic heterocycles. The van der Waals surface area contributed by atoms with Crippen molar-refractivity contribution in [2.75, 3.05) is 0 Å². The maximum atomic E-state index is 10.7. The molecule has 19 heavy (non-hydrogen) atoms. The van der Waals surface area contributed by atoms with Crippen molar-refractivity contribution < 1.29 is 9.90 Å². The lowest BCUT2D eigenvalue weighted by Crippen LogP contribution is -2.12. The van der Waals surface area contributed by atoms with Gasteiger partial charge in [-0.05, 0) is 11.6 Å². The number of carboxylic acids is 1. The van der Waals surface area contributed by atoms with Crippen LogP contribution in [0.15, 0.2) is 64.4 Å². The van der Waals surface area contributed by atoms with Crippen LogP contribution in [0, 0.1) is 0 Å². The highest BCUT2D eigenvalue weighted by Gasteiger charge is 2.17. The molecule has 6 heteroatoms. The van der Waals surface area contributed by atoms with Crippen LogP contribution in [0.5, 0.6) is 0 Å². The summed E-state index contributed by atoms with van der Waals surface area (Å²) in [4.78, 5) is 17.1. The number of hydrogen-bond acceptors (Lipinski definition) is 4. The molecule has 0 bridgehead atoms. The van der Waals surface area contributed by atoms with Crippen LogP contribution in [0.1, 0.15) is 6.42 Å². The van der Waals surface area contributed by atoms with Gasteiger partial charge in [-0.3, -0.25) is 0 Å². The summed E-state index contributed by atoms with van der Waals surface area (Å²) in [5.41, 5.74) is 1.97. The van der Waals surface area contributed by atoms with Crippen molar-refractivity contribution in [3.05, 3.63) is 54.2 Å². The predicted molar refractivity (Wildman–Crippen MR) is 72.1 cm³/mol. The van der Waals surface area contributed by atoms with Gasteiger partial charge in [-0.15, -0.1) is 0 Å². The Morgan fingerprint density at radius 1 is 1.37 bits per heavy atom. The number of aromatic nitrogens is 2. The van der Waals surface area contributed by atoms with Gasteiger partial charge in [0.15, 0.2) is 0 Å². The van der Waals surface area contributed by atoms with Crippen molar-refractivity contribution >= 4 is 17.9 Å². The SMILES string of the molecule is O=C(O)C1=CC=C2C=CC=NN=C2C1.c1c[nH]cn1. The van der Waals surface area contributed by atoms with Crippen LogP contribution in [-0.2, 0) is 4.79 Å². The van der Waals surface area contributed by atoms with Crippen LogP contribution in [0.3, 0.4) is 0 Å². The topological polar surface area (TPSA) is 90.7 Å². The molecule has 0 saturated heterocycles. The van der Waals surface area contributed by atoms with Crippen LogP contribution in [0.25, 0.3) is 0 Å². The molecule has 0 fully saturated rings. The third kappa shape index (κ3) is 3.60. The average molecular weight is 256 g/mol. The van der Waals surface area contributed by atoms with Gasteiger partial charge >= 0.3 is 5.97 Å². The largest absolute Gasteiger partial charge is 0.478 e. The Morgan fingerprint density at radius 2 is 2.26 bits per heavy atom. The van der Waals surface area contributed by atoms with E-state index in [9.17, 15) is 4.79 Å². The van der Waals surface area contributed by atoms with E-state index in [0.29, 0.717) is 17.7 Å². The van der Waals surface area contributed by atoms with E-state index in [4.69, 9.17) is 5.11 Å². The number of nitrogens with zero attached hydrogens (tertiary/aromatic N) is 3. The Balaban J connectivity index is 0.000000224. The fourth-order valence-electron chi connectivity index (χ4n) is 1.52. The number of hydrogen-bond donors (Lipinski definition) is 2. The molecule has 0 radical (unpaired) electrons. The number of carbonyl (C=O) groups is 1. The molecule has 96 valence electrons. The van der Waals surface area contributed by atoms with E-state index in [0.717, 1.165) is 5.57 Å². The summed E-state index contributed by atoms with van der Waals surface area (Å²) in [6.45, 7) is 0. The smallest absolute Gasteiger partial charge is 0.331 e. The van der Waals surface area contributed by atoms with Crippen molar-refractivity contribution in [3.8, 4) is 0 Å². The van der Waals surface area contributed by atoms with Crippen molar-refractivity contribution in [3.63, 3.8) is 0 Å². The molecule has 0 saturated carbocycles. The minimum absolute atomic E-state index is 0.336. The van der Waals surface area contributed by atoms with E-state index in [1.165, 1.54) is 0 Å². The zero-order valence-corrected chi connectivity index (χ0v) is 10.0. The first-order valence-electron chi connectivity index (χ1n) is 5.61. The van der Waals surface area contributed by atoms with Gasteiger partial charge in [0.25, 0.3) is 0 Å². The summed E-state index contributed by atoms with van der Waals surface area (Å²) >= 11 is 0. The van der Waals surface area contributed by atoms with Crippen LogP contribution in [0.2, 0.25) is 0 Å². The fraction of sp³-hybridized carbons (Fsp3) is 0.0769. The molecule has 0 spiro atoms. The molecule has 1 aromatic heterocycles. The highest BCUT2D eigenvalue weighted by Crippen LogP contribution is 2.18. The van der Waals surface area contributed by atoms with E-state index in [1.807, 2.05) is 6.08 Å². The van der Waals surface area contributed by atoms with E-state index < -0.39 is 5.97 Å². The van der Waals surface area contributed by atoms with E-state index >= 15 is 0 Å². The Labute approximate surface area is 109 Å². The van der Waals surface area contributed by atoms with Gasteiger partial charge in [0, 0.05) is 30.6 Å².